The van der Waals surface area contributed by atoms with Gasteiger partial charge in [-0.3, -0.25) is 14.4 Å². The summed E-state index contributed by atoms with van der Waals surface area (Å²) in [5.41, 5.74) is -0.381. The molecule has 31 heavy (non-hydrogen) atoms. The second-order valence-electron chi connectivity index (χ2n) is 11.1. The van der Waals surface area contributed by atoms with E-state index in [4.69, 9.17) is 14.2 Å². The summed E-state index contributed by atoms with van der Waals surface area (Å²) in [6, 6.07) is 0. The first-order chi connectivity index (χ1) is 14.9. The summed E-state index contributed by atoms with van der Waals surface area (Å²) in [6.07, 6.45) is 7.33. The Kier molecular flexibility index (Phi) is 4.50. The lowest BCUT2D eigenvalue weighted by Gasteiger charge is -2.60. The zero-order valence-corrected chi connectivity index (χ0v) is 18.3. The first-order valence-electron chi connectivity index (χ1n) is 12.4. The normalized spacial score (nSPS) is 50.6. The summed E-state index contributed by atoms with van der Waals surface area (Å²) in [5, 5.41) is 0. The minimum atomic E-state index is -0.547. The highest BCUT2D eigenvalue weighted by Gasteiger charge is 2.71. The SMILES string of the molecule is [CH2]CCC(=O)OC1C2CC3C1OC(=O)C3C2C(=O)OC1(CC)C2CC3CC(C2)CC1C3. The molecule has 0 aromatic carbocycles. The maximum Gasteiger partial charge on any atom is 0.310 e. The second-order valence-corrected chi connectivity index (χ2v) is 11.1. The summed E-state index contributed by atoms with van der Waals surface area (Å²) < 4.78 is 17.8. The van der Waals surface area contributed by atoms with E-state index in [0.29, 0.717) is 24.7 Å². The largest absolute Gasteiger partial charge is 0.458 e. The highest BCUT2D eigenvalue weighted by Crippen LogP contribution is 2.63. The van der Waals surface area contributed by atoms with Gasteiger partial charge in [0.15, 0.2) is 0 Å². The van der Waals surface area contributed by atoms with E-state index in [1.165, 1.54) is 32.1 Å². The van der Waals surface area contributed by atoms with Crippen LogP contribution >= 0.6 is 0 Å². The molecule has 6 nitrogen and oxygen atoms in total. The van der Waals surface area contributed by atoms with Crippen LogP contribution in [0.25, 0.3) is 0 Å². The molecule has 6 atom stereocenters. The van der Waals surface area contributed by atoms with Crippen molar-refractivity contribution in [1.82, 2.24) is 0 Å². The Morgan fingerprint density at radius 3 is 2.35 bits per heavy atom. The Morgan fingerprint density at radius 2 is 1.74 bits per heavy atom. The number of hydrogen-bond acceptors (Lipinski definition) is 6. The lowest BCUT2D eigenvalue weighted by molar-refractivity contribution is -0.218. The van der Waals surface area contributed by atoms with Crippen molar-refractivity contribution in [2.45, 2.75) is 82.5 Å². The van der Waals surface area contributed by atoms with Gasteiger partial charge in [0.25, 0.3) is 0 Å². The van der Waals surface area contributed by atoms with E-state index in [2.05, 4.69) is 13.8 Å². The predicted molar refractivity (Wildman–Crippen MR) is 109 cm³/mol. The number of rotatable bonds is 6. The molecule has 7 fully saturated rings. The molecule has 6 unspecified atom stereocenters. The molecule has 169 valence electrons. The molecule has 6 aliphatic carbocycles. The smallest absolute Gasteiger partial charge is 0.310 e. The average molecular weight is 430 g/mol. The average Bonchev–Trinajstić information content (AvgIpc) is 3.34. The van der Waals surface area contributed by atoms with Crippen molar-refractivity contribution in [3.05, 3.63) is 6.92 Å². The van der Waals surface area contributed by atoms with Gasteiger partial charge in [-0.2, -0.15) is 0 Å². The lowest BCUT2D eigenvalue weighted by Crippen LogP contribution is -2.60. The van der Waals surface area contributed by atoms with Crippen molar-refractivity contribution in [3.63, 3.8) is 0 Å². The summed E-state index contributed by atoms with van der Waals surface area (Å²) in [6.45, 7) is 5.86. The van der Waals surface area contributed by atoms with E-state index in [-0.39, 0.29) is 41.8 Å². The Morgan fingerprint density at radius 1 is 1.06 bits per heavy atom. The third kappa shape index (κ3) is 2.72. The summed E-state index contributed by atoms with van der Waals surface area (Å²) >= 11 is 0. The van der Waals surface area contributed by atoms with Crippen molar-refractivity contribution in [2.24, 2.45) is 47.3 Å². The number of esters is 3. The zero-order chi connectivity index (χ0) is 21.5. The fourth-order valence-corrected chi connectivity index (χ4v) is 8.88. The maximum atomic E-state index is 13.7. The third-order valence-corrected chi connectivity index (χ3v) is 9.83. The minimum Gasteiger partial charge on any atom is -0.458 e. The van der Waals surface area contributed by atoms with Gasteiger partial charge in [0, 0.05) is 18.3 Å². The van der Waals surface area contributed by atoms with Gasteiger partial charge in [-0.25, -0.2) is 0 Å². The quantitative estimate of drug-likeness (QED) is 0.475. The number of hydrogen-bond donors (Lipinski definition) is 0. The molecule has 1 heterocycles. The molecule has 0 amide bonds. The standard InChI is InChI=1S/C25H33O6/c1-3-5-18(26)29-21-17-11-16-19(23(27)30-22(16)21)20(17)24(28)31-25(4-2)14-7-12-6-13(9-14)10-15(25)8-12/h12-17,19-22H,1,3-11H2,2H3. The summed E-state index contributed by atoms with van der Waals surface area (Å²) in [5.74, 6) is 0.401. The number of fused-ring (bicyclic) bond motifs is 1. The van der Waals surface area contributed by atoms with E-state index in [1.54, 1.807) is 0 Å². The van der Waals surface area contributed by atoms with Gasteiger partial charge in [-0.15, -0.1) is 0 Å². The van der Waals surface area contributed by atoms with Crippen molar-refractivity contribution in [3.8, 4) is 0 Å². The van der Waals surface area contributed by atoms with Gasteiger partial charge in [0.2, 0.25) is 0 Å². The summed E-state index contributed by atoms with van der Waals surface area (Å²) in [4.78, 5) is 38.5. The molecule has 1 radical (unpaired) electrons. The highest BCUT2D eigenvalue weighted by molar-refractivity contribution is 5.86. The molecule has 0 spiro atoms. The fraction of sp³-hybridized carbons (Fsp3) is 0.840. The minimum absolute atomic E-state index is 0.0383. The van der Waals surface area contributed by atoms with Crippen molar-refractivity contribution in [2.75, 3.05) is 0 Å². The van der Waals surface area contributed by atoms with Gasteiger partial charge >= 0.3 is 17.9 Å². The second kappa shape index (κ2) is 6.95. The van der Waals surface area contributed by atoms with Gasteiger partial charge in [0.05, 0.1) is 11.8 Å². The van der Waals surface area contributed by atoms with E-state index in [1.807, 2.05) is 0 Å². The fourth-order valence-electron chi connectivity index (χ4n) is 8.88. The molecular formula is C25H33O6. The Labute approximate surface area is 183 Å². The van der Waals surface area contributed by atoms with Crippen LogP contribution in [0.1, 0.15) is 64.7 Å². The molecule has 6 saturated carbocycles. The predicted octanol–water partition coefficient (Wildman–Crippen LogP) is 3.47. The maximum absolute atomic E-state index is 13.7. The van der Waals surface area contributed by atoms with Crippen molar-refractivity contribution >= 4 is 17.9 Å². The molecule has 1 aliphatic heterocycles. The van der Waals surface area contributed by atoms with Crippen LogP contribution in [0.15, 0.2) is 0 Å². The van der Waals surface area contributed by atoms with Crippen LogP contribution in [0, 0.1) is 54.3 Å². The Hall–Kier alpha value is -1.59. The van der Waals surface area contributed by atoms with Gasteiger partial charge in [-0.05, 0) is 75.0 Å². The van der Waals surface area contributed by atoms with E-state index in [0.717, 1.165) is 18.3 Å². The molecule has 6 heteroatoms. The van der Waals surface area contributed by atoms with Gasteiger partial charge in [0.1, 0.15) is 17.8 Å². The Balaban J connectivity index is 1.25. The first kappa shape index (κ1) is 20.0. The molecule has 6 bridgehead atoms. The van der Waals surface area contributed by atoms with E-state index >= 15 is 0 Å². The van der Waals surface area contributed by atoms with Gasteiger partial charge < -0.3 is 14.2 Å². The van der Waals surface area contributed by atoms with E-state index < -0.39 is 24.0 Å². The summed E-state index contributed by atoms with van der Waals surface area (Å²) in [7, 11) is 0. The first-order valence-corrected chi connectivity index (χ1v) is 12.4. The molecule has 0 aromatic heterocycles. The monoisotopic (exact) mass is 429 g/mol. The lowest BCUT2D eigenvalue weighted by atomic mass is 9.49. The van der Waals surface area contributed by atoms with Crippen LogP contribution < -0.4 is 0 Å². The van der Waals surface area contributed by atoms with Crippen LogP contribution in [0.4, 0.5) is 0 Å². The van der Waals surface area contributed by atoms with Crippen LogP contribution in [0.2, 0.25) is 0 Å². The molecule has 0 aromatic rings. The molecule has 0 N–H and O–H groups in total. The van der Waals surface area contributed by atoms with Crippen LogP contribution in [-0.2, 0) is 28.6 Å². The molecule has 7 aliphatic rings. The van der Waals surface area contributed by atoms with Gasteiger partial charge in [-0.1, -0.05) is 13.8 Å². The van der Waals surface area contributed by atoms with Crippen molar-refractivity contribution in [1.29, 1.82) is 0 Å². The molecule has 1 saturated heterocycles. The van der Waals surface area contributed by atoms with E-state index in [9.17, 15) is 14.4 Å². The molecular weight excluding hydrogens is 396 g/mol. The van der Waals surface area contributed by atoms with Crippen LogP contribution in [-0.4, -0.2) is 35.7 Å². The van der Waals surface area contributed by atoms with Crippen LogP contribution in [0.3, 0.4) is 0 Å². The third-order valence-electron chi connectivity index (χ3n) is 9.83. The number of ether oxygens (including phenoxy) is 3. The van der Waals surface area contributed by atoms with Crippen molar-refractivity contribution < 1.29 is 28.6 Å². The Bertz CT molecular complexity index is 776. The number of carbonyl (C=O) groups is 3. The topological polar surface area (TPSA) is 78.9 Å². The molecule has 7 rings (SSSR count). The highest BCUT2D eigenvalue weighted by atomic mass is 16.6. The number of carbonyl (C=O) groups excluding carboxylic acids is 3. The van der Waals surface area contributed by atoms with Crippen LogP contribution in [0.5, 0.6) is 0 Å². The zero-order valence-electron chi connectivity index (χ0n) is 18.3.